The van der Waals surface area contributed by atoms with E-state index in [-0.39, 0.29) is 17.2 Å². The van der Waals surface area contributed by atoms with Gasteiger partial charge in [-0.25, -0.2) is 0 Å². The van der Waals surface area contributed by atoms with Gasteiger partial charge in [0.2, 0.25) is 5.78 Å². The number of ether oxygens (including phenoxy) is 2. The highest BCUT2D eigenvalue weighted by molar-refractivity contribution is 6.31. The first kappa shape index (κ1) is 21.2. The number of non-ortho nitro benzene ring substituents is 1. The van der Waals surface area contributed by atoms with Crippen LogP contribution in [0.2, 0.25) is 5.02 Å². The van der Waals surface area contributed by atoms with Crippen molar-refractivity contribution in [1.29, 1.82) is 0 Å². The zero-order valence-electron chi connectivity index (χ0n) is 17.7. The van der Waals surface area contributed by atoms with Crippen LogP contribution in [0.25, 0.3) is 6.08 Å². The molecule has 0 amide bonds. The fourth-order valence-corrected chi connectivity index (χ4v) is 4.34. The first-order valence-corrected chi connectivity index (χ1v) is 10.7. The first-order chi connectivity index (χ1) is 15.9. The largest absolute Gasteiger partial charge is 0.477 e. The van der Waals surface area contributed by atoms with E-state index in [4.69, 9.17) is 21.1 Å². The molecule has 2 heterocycles. The van der Waals surface area contributed by atoms with Crippen LogP contribution in [0.4, 0.5) is 5.69 Å². The van der Waals surface area contributed by atoms with E-state index in [2.05, 4.69) is 4.90 Å². The maximum Gasteiger partial charge on any atom is 0.270 e. The molecule has 0 spiro atoms. The Morgan fingerprint density at radius 1 is 1.15 bits per heavy atom. The van der Waals surface area contributed by atoms with Crippen molar-refractivity contribution in [2.75, 3.05) is 6.73 Å². The van der Waals surface area contributed by atoms with Crippen LogP contribution in [0.5, 0.6) is 11.5 Å². The SMILES string of the molecule is Cc1c2c(cc3c1O/C(=C\c1cccc([N+](=O)[O-])c1)C3=O)CN(Cc1ccccc1Cl)CO2. The van der Waals surface area contributed by atoms with Crippen LogP contribution in [0.1, 0.15) is 32.6 Å². The topological polar surface area (TPSA) is 81.9 Å². The van der Waals surface area contributed by atoms with Crippen LogP contribution in [-0.4, -0.2) is 22.3 Å². The summed E-state index contributed by atoms with van der Waals surface area (Å²) in [6.45, 7) is 3.48. The Hall–Kier alpha value is -3.68. The number of Topliss-reactive ketones (excluding diaryl/α,β-unsaturated/α-hetero) is 1. The third-order valence-corrected chi connectivity index (χ3v) is 6.10. The second kappa shape index (κ2) is 8.35. The Kier molecular flexibility index (Phi) is 5.36. The number of nitrogens with zero attached hydrogens (tertiary/aromatic N) is 2. The lowest BCUT2D eigenvalue weighted by molar-refractivity contribution is -0.384. The van der Waals surface area contributed by atoms with Crippen molar-refractivity contribution in [3.63, 3.8) is 0 Å². The quantitative estimate of drug-likeness (QED) is 0.288. The van der Waals surface area contributed by atoms with E-state index >= 15 is 0 Å². The summed E-state index contributed by atoms with van der Waals surface area (Å²) in [5.74, 6) is 1.05. The Morgan fingerprint density at radius 3 is 2.76 bits per heavy atom. The molecule has 0 atom stereocenters. The number of carbonyl (C=O) groups excluding carboxylic acids is 1. The average molecular weight is 463 g/mol. The van der Waals surface area contributed by atoms with Gasteiger partial charge in [-0.15, -0.1) is 0 Å². The van der Waals surface area contributed by atoms with Crippen LogP contribution in [0, 0.1) is 17.0 Å². The summed E-state index contributed by atoms with van der Waals surface area (Å²) >= 11 is 6.30. The van der Waals surface area contributed by atoms with Crippen LogP contribution in [-0.2, 0) is 13.1 Å². The maximum absolute atomic E-state index is 13.1. The number of fused-ring (bicyclic) bond motifs is 2. The second-order valence-electron chi connectivity index (χ2n) is 8.01. The van der Waals surface area contributed by atoms with Crippen molar-refractivity contribution >= 4 is 29.1 Å². The molecule has 8 heteroatoms. The smallest absolute Gasteiger partial charge is 0.270 e. The van der Waals surface area contributed by atoms with E-state index in [0.29, 0.717) is 47.5 Å². The lowest BCUT2D eigenvalue weighted by atomic mass is 9.99. The summed E-state index contributed by atoms with van der Waals surface area (Å²) in [6, 6.07) is 15.6. The van der Waals surface area contributed by atoms with E-state index in [1.807, 2.05) is 37.3 Å². The van der Waals surface area contributed by atoms with E-state index in [1.54, 1.807) is 12.1 Å². The summed E-state index contributed by atoms with van der Waals surface area (Å²) in [4.78, 5) is 25.8. The minimum Gasteiger partial charge on any atom is -0.477 e. The number of allylic oxidation sites excluding steroid dienone is 1. The molecule has 0 saturated carbocycles. The number of hydrogen-bond donors (Lipinski definition) is 0. The Morgan fingerprint density at radius 2 is 1.97 bits per heavy atom. The van der Waals surface area contributed by atoms with Crippen LogP contribution in [0.15, 0.2) is 60.4 Å². The van der Waals surface area contributed by atoms with Crippen molar-refractivity contribution < 1.29 is 19.2 Å². The average Bonchev–Trinajstić information content (AvgIpc) is 3.11. The van der Waals surface area contributed by atoms with Crippen molar-refractivity contribution in [1.82, 2.24) is 4.90 Å². The summed E-state index contributed by atoms with van der Waals surface area (Å²) in [5, 5.41) is 11.7. The van der Waals surface area contributed by atoms with Gasteiger partial charge in [0.1, 0.15) is 18.2 Å². The van der Waals surface area contributed by atoms with Gasteiger partial charge in [-0.1, -0.05) is 41.9 Å². The zero-order chi connectivity index (χ0) is 23.1. The Bertz CT molecular complexity index is 1330. The van der Waals surface area contributed by atoms with Crippen LogP contribution < -0.4 is 9.47 Å². The summed E-state index contributed by atoms with van der Waals surface area (Å²) in [5.41, 5.74) is 3.60. The highest BCUT2D eigenvalue weighted by Gasteiger charge is 2.33. The van der Waals surface area contributed by atoms with Crippen molar-refractivity contribution in [2.45, 2.75) is 20.0 Å². The van der Waals surface area contributed by atoms with Crippen molar-refractivity contribution in [3.05, 3.63) is 103 Å². The molecular weight excluding hydrogens is 444 g/mol. The number of ketones is 1. The molecular formula is C25H19ClN2O5. The lowest BCUT2D eigenvalue weighted by Crippen LogP contribution is -2.32. The summed E-state index contributed by atoms with van der Waals surface area (Å²) in [7, 11) is 0. The van der Waals surface area contributed by atoms with Crippen molar-refractivity contribution in [3.8, 4) is 11.5 Å². The molecule has 0 N–H and O–H groups in total. The molecule has 2 aliphatic heterocycles. The summed E-state index contributed by atoms with van der Waals surface area (Å²) in [6.07, 6.45) is 1.53. The fourth-order valence-electron chi connectivity index (χ4n) is 4.14. The molecule has 0 aliphatic carbocycles. The molecule has 0 bridgehead atoms. The summed E-state index contributed by atoms with van der Waals surface area (Å²) < 4.78 is 11.9. The lowest BCUT2D eigenvalue weighted by Gasteiger charge is -2.30. The van der Waals surface area contributed by atoms with E-state index in [9.17, 15) is 14.9 Å². The molecule has 166 valence electrons. The minimum absolute atomic E-state index is 0.0500. The van der Waals surface area contributed by atoms with Crippen molar-refractivity contribution in [2.24, 2.45) is 0 Å². The van der Waals surface area contributed by atoms with Gasteiger partial charge in [0.25, 0.3) is 5.69 Å². The highest BCUT2D eigenvalue weighted by atomic mass is 35.5. The number of hydrogen-bond acceptors (Lipinski definition) is 6. The van der Waals surface area contributed by atoms with Gasteiger partial charge < -0.3 is 9.47 Å². The third-order valence-electron chi connectivity index (χ3n) is 5.73. The number of benzene rings is 3. The number of nitro groups is 1. The molecule has 7 nitrogen and oxygen atoms in total. The van der Waals surface area contributed by atoms with Gasteiger partial charge in [-0.05, 0) is 36.3 Å². The van der Waals surface area contributed by atoms with Gasteiger partial charge in [0, 0.05) is 41.4 Å². The Labute approximate surface area is 195 Å². The zero-order valence-corrected chi connectivity index (χ0v) is 18.5. The Balaban J connectivity index is 1.43. The molecule has 33 heavy (non-hydrogen) atoms. The van der Waals surface area contributed by atoms with Crippen LogP contribution in [0.3, 0.4) is 0 Å². The highest BCUT2D eigenvalue weighted by Crippen LogP contribution is 2.43. The molecule has 0 saturated heterocycles. The molecule has 3 aromatic rings. The number of carbonyl (C=O) groups is 1. The molecule has 0 unspecified atom stereocenters. The maximum atomic E-state index is 13.1. The predicted octanol–water partition coefficient (Wildman–Crippen LogP) is 5.52. The number of halogens is 1. The van der Waals surface area contributed by atoms with Gasteiger partial charge >= 0.3 is 0 Å². The van der Waals surface area contributed by atoms with Gasteiger partial charge in [-0.3, -0.25) is 19.8 Å². The van der Waals surface area contributed by atoms with E-state index < -0.39 is 4.92 Å². The normalized spacial score (nSPS) is 16.2. The fraction of sp³-hybridized carbons (Fsp3) is 0.160. The van der Waals surface area contributed by atoms with E-state index in [1.165, 1.54) is 18.2 Å². The molecule has 3 aromatic carbocycles. The molecule has 0 fully saturated rings. The van der Waals surface area contributed by atoms with Gasteiger partial charge in [-0.2, -0.15) is 0 Å². The predicted molar refractivity (Wildman–Crippen MR) is 123 cm³/mol. The first-order valence-electron chi connectivity index (χ1n) is 10.3. The molecule has 0 aromatic heterocycles. The number of nitro benzene ring substituents is 1. The second-order valence-corrected chi connectivity index (χ2v) is 8.42. The third kappa shape index (κ3) is 3.97. The number of rotatable bonds is 4. The van der Waals surface area contributed by atoms with Gasteiger partial charge in [0.15, 0.2) is 5.76 Å². The van der Waals surface area contributed by atoms with Gasteiger partial charge in [0.05, 0.1) is 10.5 Å². The van der Waals surface area contributed by atoms with E-state index in [0.717, 1.165) is 16.7 Å². The van der Waals surface area contributed by atoms with Crippen LogP contribution >= 0.6 is 11.6 Å². The minimum atomic E-state index is -0.474. The molecule has 5 rings (SSSR count). The molecule has 2 aliphatic rings. The monoisotopic (exact) mass is 462 g/mol. The standard InChI is InChI=1S/C25H19ClN2O5/c1-15-24-18(13-27(14-32-24)12-17-6-2-3-8-21(17)26)11-20-23(29)22(33-25(15)20)10-16-5-4-7-19(9-16)28(30)31/h2-11H,12-14H2,1H3/b22-10-. The molecule has 0 radical (unpaired) electrons.